The molecule has 0 aliphatic rings. The molecule has 192 valence electrons. The third kappa shape index (κ3) is 6.88. The third-order valence-corrected chi connectivity index (χ3v) is 7.95. The molecule has 0 atom stereocenters. The highest BCUT2D eigenvalue weighted by atomic mass is 32.2. The third-order valence-electron chi connectivity index (χ3n) is 6.83. The molecule has 0 aliphatic heterocycles. The van der Waals surface area contributed by atoms with Crippen LogP contribution in [0, 0.1) is 11.3 Å². The smallest absolute Gasteiger partial charge is 0.311 e. The van der Waals surface area contributed by atoms with Gasteiger partial charge in [-0.05, 0) is 38.2 Å². The molecule has 0 amide bonds. The van der Waals surface area contributed by atoms with Crippen molar-refractivity contribution in [2.24, 2.45) is 18.4 Å². The topological polar surface area (TPSA) is 61.2 Å². The first-order chi connectivity index (χ1) is 17.2. The number of unbranched alkanes of at least 4 members (excludes halogenated alkanes) is 3. The first-order valence-electron chi connectivity index (χ1n) is 12.8. The highest BCUT2D eigenvalue weighted by molar-refractivity contribution is 7.99. The normalized spacial score (nSPS) is 11.6. The minimum atomic E-state index is -0.450. The molecule has 6 heteroatoms. The van der Waals surface area contributed by atoms with Crippen LogP contribution in [0.3, 0.4) is 0 Å². The molecule has 2 aromatic carbocycles. The molecule has 0 saturated heterocycles. The lowest BCUT2D eigenvalue weighted by molar-refractivity contribution is -0.156. The first kappa shape index (κ1) is 27.7. The molecular weight excluding hydrogens is 468 g/mol. The first-order valence-corrected chi connectivity index (χ1v) is 13.7. The quantitative estimate of drug-likeness (QED) is 0.115. The predicted molar refractivity (Wildman–Crippen MR) is 149 cm³/mol. The van der Waals surface area contributed by atoms with Gasteiger partial charge in [0.15, 0.2) is 5.16 Å². The van der Waals surface area contributed by atoms with E-state index in [1.54, 1.807) is 23.4 Å². The van der Waals surface area contributed by atoms with Gasteiger partial charge < -0.3 is 4.74 Å². The summed E-state index contributed by atoms with van der Waals surface area (Å²) in [6, 6.07) is 19.6. The minimum Gasteiger partial charge on any atom is -0.465 e. The summed E-state index contributed by atoms with van der Waals surface area (Å²) in [5.41, 5.74) is 2.67. The molecule has 0 N–H and O–H groups in total. The Morgan fingerprint density at radius 2 is 1.53 bits per heavy atom. The summed E-state index contributed by atoms with van der Waals surface area (Å²) in [7, 11) is 1.80. The van der Waals surface area contributed by atoms with E-state index in [1.165, 1.54) is 0 Å². The summed E-state index contributed by atoms with van der Waals surface area (Å²) >= 11 is 1.62. The Labute approximate surface area is 219 Å². The molecule has 3 aromatic rings. The van der Waals surface area contributed by atoms with Crippen molar-refractivity contribution in [2.75, 3.05) is 12.4 Å². The molecule has 0 bridgehead atoms. The van der Waals surface area contributed by atoms with Gasteiger partial charge in [-0.25, -0.2) is 4.98 Å². The summed E-state index contributed by atoms with van der Waals surface area (Å²) in [6.07, 6.45) is 3.92. The molecule has 0 saturated carbocycles. The summed E-state index contributed by atoms with van der Waals surface area (Å²) < 4.78 is 7.15. The average molecular weight is 507 g/mol. The van der Waals surface area contributed by atoms with Gasteiger partial charge in [-0.3, -0.25) is 14.2 Å². The van der Waals surface area contributed by atoms with Gasteiger partial charge in [-0.15, -0.1) is 0 Å². The minimum absolute atomic E-state index is 0.0382. The fourth-order valence-corrected chi connectivity index (χ4v) is 4.65. The Morgan fingerprint density at radius 1 is 0.944 bits per heavy atom. The Balaban J connectivity index is 1.59. The van der Waals surface area contributed by atoms with Crippen LogP contribution in [0.5, 0.6) is 0 Å². The molecule has 0 fully saturated rings. The predicted octanol–water partition coefficient (Wildman–Crippen LogP) is 6.99. The van der Waals surface area contributed by atoms with Gasteiger partial charge in [0.1, 0.15) is 0 Å². The van der Waals surface area contributed by atoms with E-state index < -0.39 is 5.41 Å². The molecule has 0 spiro atoms. The van der Waals surface area contributed by atoms with Crippen LogP contribution in [-0.2, 0) is 16.6 Å². The van der Waals surface area contributed by atoms with Crippen LogP contribution in [-0.4, -0.2) is 27.9 Å². The number of hydrogen-bond acceptors (Lipinski definition) is 5. The Kier molecular flexibility index (Phi) is 9.94. The van der Waals surface area contributed by atoms with Crippen LogP contribution >= 0.6 is 11.8 Å². The van der Waals surface area contributed by atoms with Crippen molar-refractivity contribution >= 4 is 17.7 Å². The van der Waals surface area contributed by atoms with Gasteiger partial charge in [-0.2, -0.15) is 0 Å². The number of nitrogens with zero attached hydrogens (tertiary/aromatic N) is 2. The second kappa shape index (κ2) is 12.9. The SMILES string of the molecule is CC(C)C(C)(C)C(=O)OCCCCCCSc1nc(-c2ccccc2)c(-c2ccccc2)c(=O)n1C. The molecule has 5 nitrogen and oxygen atoms in total. The van der Waals surface area contributed by atoms with Gasteiger partial charge in [0.05, 0.1) is 23.3 Å². The Morgan fingerprint density at radius 3 is 2.14 bits per heavy atom. The van der Waals surface area contributed by atoms with Crippen molar-refractivity contribution in [3.05, 3.63) is 71.0 Å². The number of carbonyl (C=O) groups excluding carboxylic acids is 1. The molecule has 0 radical (unpaired) electrons. The molecule has 1 aromatic heterocycles. The van der Waals surface area contributed by atoms with Crippen LogP contribution in [0.1, 0.15) is 53.4 Å². The van der Waals surface area contributed by atoms with Crippen LogP contribution in [0.15, 0.2) is 70.6 Å². The summed E-state index contributed by atoms with van der Waals surface area (Å²) in [4.78, 5) is 30.6. The molecule has 0 unspecified atom stereocenters. The van der Waals surface area contributed by atoms with Crippen LogP contribution in [0.2, 0.25) is 0 Å². The second-order valence-corrected chi connectivity index (χ2v) is 11.1. The number of rotatable bonds is 12. The molecule has 3 rings (SSSR count). The summed E-state index contributed by atoms with van der Waals surface area (Å²) in [5.74, 6) is 1.00. The van der Waals surface area contributed by atoms with E-state index in [1.807, 2.05) is 88.4 Å². The zero-order valence-electron chi connectivity index (χ0n) is 22.1. The number of aromatic nitrogens is 2. The van der Waals surface area contributed by atoms with Crippen molar-refractivity contribution in [1.29, 1.82) is 0 Å². The largest absolute Gasteiger partial charge is 0.465 e. The number of ether oxygens (including phenoxy) is 1. The molecule has 0 aliphatic carbocycles. The maximum atomic E-state index is 13.4. The Bertz CT molecular complexity index is 1190. The standard InChI is InChI=1S/C30H38N2O3S/c1-22(2)30(3,4)28(34)35-20-14-6-7-15-21-36-29-31-26(24-18-12-9-13-19-24)25(27(33)32(29)5)23-16-10-8-11-17-23/h8-13,16-19,22H,6-7,14-15,20-21H2,1-5H3. The van der Waals surface area contributed by atoms with Gasteiger partial charge in [-0.1, -0.05) is 99.1 Å². The van der Waals surface area contributed by atoms with E-state index in [9.17, 15) is 9.59 Å². The van der Waals surface area contributed by atoms with Crippen molar-refractivity contribution in [3.63, 3.8) is 0 Å². The van der Waals surface area contributed by atoms with Crippen LogP contribution in [0.25, 0.3) is 22.4 Å². The zero-order chi connectivity index (χ0) is 26.1. The lowest BCUT2D eigenvalue weighted by atomic mass is 9.81. The highest BCUT2D eigenvalue weighted by Gasteiger charge is 2.32. The highest BCUT2D eigenvalue weighted by Crippen LogP contribution is 2.30. The van der Waals surface area contributed by atoms with E-state index in [-0.39, 0.29) is 17.4 Å². The maximum absolute atomic E-state index is 13.4. The fraction of sp³-hybridized carbons (Fsp3) is 0.433. The van der Waals surface area contributed by atoms with E-state index in [0.717, 1.165) is 53.4 Å². The molecular formula is C30H38N2O3S. The number of carbonyl (C=O) groups is 1. The Hall–Kier alpha value is -2.86. The summed E-state index contributed by atoms with van der Waals surface area (Å²) in [6.45, 7) is 8.44. The maximum Gasteiger partial charge on any atom is 0.311 e. The van der Waals surface area contributed by atoms with Crippen molar-refractivity contribution in [1.82, 2.24) is 9.55 Å². The lowest BCUT2D eigenvalue weighted by Gasteiger charge is -2.26. The number of benzene rings is 2. The van der Waals surface area contributed by atoms with Gasteiger partial charge >= 0.3 is 5.97 Å². The number of hydrogen-bond donors (Lipinski definition) is 0. The van der Waals surface area contributed by atoms with Crippen molar-refractivity contribution in [3.8, 4) is 22.4 Å². The lowest BCUT2D eigenvalue weighted by Crippen LogP contribution is -2.32. The molecule has 1 heterocycles. The van der Waals surface area contributed by atoms with Crippen LogP contribution in [0.4, 0.5) is 0 Å². The van der Waals surface area contributed by atoms with Crippen LogP contribution < -0.4 is 5.56 Å². The average Bonchev–Trinajstić information content (AvgIpc) is 2.88. The fourth-order valence-electron chi connectivity index (χ4n) is 3.69. The van der Waals surface area contributed by atoms with E-state index in [2.05, 4.69) is 0 Å². The zero-order valence-corrected chi connectivity index (χ0v) is 22.9. The van der Waals surface area contributed by atoms with Crippen molar-refractivity contribution in [2.45, 2.75) is 58.5 Å². The van der Waals surface area contributed by atoms with E-state index in [4.69, 9.17) is 9.72 Å². The van der Waals surface area contributed by atoms with Gasteiger partial charge in [0.25, 0.3) is 5.56 Å². The second-order valence-electron chi connectivity index (χ2n) is 9.99. The molecule has 36 heavy (non-hydrogen) atoms. The van der Waals surface area contributed by atoms with Gasteiger partial charge in [0, 0.05) is 18.4 Å². The van der Waals surface area contributed by atoms with Crippen molar-refractivity contribution < 1.29 is 9.53 Å². The van der Waals surface area contributed by atoms with Gasteiger partial charge in [0.2, 0.25) is 0 Å². The number of esters is 1. The monoisotopic (exact) mass is 506 g/mol. The summed E-state index contributed by atoms with van der Waals surface area (Å²) in [5, 5.41) is 0.725. The number of thioether (sulfide) groups is 1. The van der Waals surface area contributed by atoms with E-state index in [0.29, 0.717) is 12.2 Å². The van der Waals surface area contributed by atoms with E-state index >= 15 is 0 Å².